The average Bonchev–Trinajstić information content (AvgIpc) is 2.53. The van der Waals surface area contributed by atoms with Crippen LogP contribution in [-0.4, -0.2) is 9.78 Å². The summed E-state index contributed by atoms with van der Waals surface area (Å²) in [4.78, 5) is 0. The predicted molar refractivity (Wildman–Crippen MR) is 76.9 cm³/mol. The largest absolute Gasteiger partial charge is 0.221 e. The Balaban J connectivity index is 2.70. The number of aromatic nitrogens is 2. The van der Waals surface area contributed by atoms with Crippen molar-refractivity contribution in [2.45, 2.75) is 41.0 Å². The number of aryl methyl sites for hydroxylation is 4. The highest BCUT2D eigenvalue weighted by molar-refractivity contribution is 6.30. The first kappa shape index (κ1) is 13.2. The van der Waals surface area contributed by atoms with Gasteiger partial charge in [-0.2, -0.15) is 5.10 Å². The first-order valence-electron chi connectivity index (χ1n) is 6.28. The lowest BCUT2D eigenvalue weighted by Crippen LogP contribution is -2.03. The van der Waals surface area contributed by atoms with Crippen LogP contribution in [-0.2, 0) is 6.42 Å². The summed E-state index contributed by atoms with van der Waals surface area (Å²) in [5, 5.41) is 5.33. The van der Waals surface area contributed by atoms with E-state index in [1.165, 1.54) is 16.7 Å². The molecule has 0 aliphatic heterocycles. The standard InChI is InChI=1S/C15H19ClN2/c1-6-13-12(5)17-18(15(13)16)14-10(3)7-9(2)8-11(14)4/h7-8H,6H2,1-5H3. The zero-order valence-corrected chi connectivity index (χ0v) is 12.4. The van der Waals surface area contributed by atoms with E-state index in [4.69, 9.17) is 11.6 Å². The van der Waals surface area contributed by atoms with Crippen molar-refractivity contribution < 1.29 is 0 Å². The van der Waals surface area contributed by atoms with E-state index >= 15 is 0 Å². The first-order valence-corrected chi connectivity index (χ1v) is 6.65. The topological polar surface area (TPSA) is 17.8 Å². The minimum Gasteiger partial charge on any atom is -0.221 e. The molecular weight excluding hydrogens is 244 g/mol. The fraction of sp³-hybridized carbons (Fsp3) is 0.400. The molecule has 1 aromatic carbocycles. The van der Waals surface area contributed by atoms with Crippen LogP contribution in [0.25, 0.3) is 5.69 Å². The maximum Gasteiger partial charge on any atom is 0.136 e. The van der Waals surface area contributed by atoms with Crippen LogP contribution >= 0.6 is 11.6 Å². The van der Waals surface area contributed by atoms with Gasteiger partial charge in [0.05, 0.1) is 11.4 Å². The number of hydrogen-bond acceptors (Lipinski definition) is 1. The van der Waals surface area contributed by atoms with Crippen molar-refractivity contribution in [2.24, 2.45) is 0 Å². The summed E-state index contributed by atoms with van der Waals surface area (Å²) >= 11 is 6.45. The Morgan fingerprint density at radius 3 is 2.11 bits per heavy atom. The Morgan fingerprint density at radius 1 is 1.11 bits per heavy atom. The lowest BCUT2D eigenvalue weighted by molar-refractivity contribution is 0.848. The van der Waals surface area contributed by atoms with Gasteiger partial charge in [-0.3, -0.25) is 0 Å². The smallest absolute Gasteiger partial charge is 0.136 e. The van der Waals surface area contributed by atoms with Crippen LogP contribution in [0.4, 0.5) is 0 Å². The van der Waals surface area contributed by atoms with E-state index in [-0.39, 0.29) is 0 Å². The monoisotopic (exact) mass is 262 g/mol. The predicted octanol–water partition coefficient (Wildman–Crippen LogP) is 4.32. The summed E-state index contributed by atoms with van der Waals surface area (Å²) in [5.41, 5.74) is 6.94. The summed E-state index contributed by atoms with van der Waals surface area (Å²) < 4.78 is 1.87. The van der Waals surface area contributed by atoms with Crippen LogP contribution in [0.15, 0.2) is 12.1 Å². The lowest BCUT2D eigenvalue weighted by atomic mass is 10.1. The third kappa shape index (κ3) is 2.05. The minimum atomic E-state index is 0.741. The van der Waals surface area contributed by atoms with Crippen LogP contribution < -0.4 is 0 Å². The second-order valence-corrected chi connectivity index (χ2v) is 5.23. The molecule has 18 heavy (non-hydrogen) atoms. The quantitative estimate of drug-likeness (QED) is 0.788. The van der Waals surface area contributed by atoms with Gasteiger partial charge in [0, 0.05) is 5.56 Å². The Bertz CT molecular complexity index is 574. The summed E-state index contributed by atoms with van der Waals surface area (Å²) in [6.07, 6.45) is 0.911. The number of hydrogen-bond donors (Lipinski definition) is 0. The Morgan fingerprint density at radius 2 is 1.67 bits per heavy atom. The van der Waals surface area contributed by atoms with E-state index in [1.807, 2.05) is 11.6 Å². The van der Waals surface area contributed by atoms with Gasteiger partial charge in [0.25, 0.3) is 0 Å². The average molecular weight is 263 g/mol. The Kier molecular flexibility index (Phi) is 3.49. The van der Waals surface area contributed by atoms with Gasteiger partial charge in [-0.15, -0.1) is 0 Å². The normalized spacial score (nSPS) is 11.0. The second-order valence-electron chi connectivity index (χ2n) is 4.87. The van der Waals surface area contributed by atoms with E-state index in [0.29, 0.717) is 0 Å². The maximum atomic E-state index is 6.45. The second kappa shape index (κ2) is 4.77. The van der Waals surface area contributed by atoms with Crippen molar-refractivity contribution in [3.63, 3.8) is 0 Å². The molecule has 0 spiro atoms. The molecule has 0 bridgehead atoms. The van der Waals surface area contributed by atoms with E-state index < -0.39 is 0 Å². The van der Waals surface area contributed by atoms with Gasteiger partial charge in [0.15, 0.2) is 0 Å². The molecule has 0 saturated carbocycles. The van der Waals surface area contributed by atoms with Gasteiger partial charge < -0.3 is 0 Å². The van der Waals surface area contributed by atoms with Crippen molar-refractivity contribution in [1.29, 1.82) is 0 Å². The lowest BCUT2D eigenvalue weighted by Gasteiger charge is -2.12. The zero-order chi connectivity index (χ0) is 13.4. The summed E-state index contributed by atoms with van der Waals surface area (Å²) in [7, 11) is 0. The van der Waals surface area contributed by atoms with Gasteiger partial charge in [-0.25, -0.2) is 4.68 Å². The molecule has 0 N–H and O–H groups in total. The van der Waals surface area contributed by atoms with Gasteiger partial charge in [-0.05, 0) is 45.2 Å². The van der Waals surface area contributed by atoms with Crippen molar-refractivity contribution in [3.8, 4) is 5.69 Å². The van der Waals surface area contributed by atoms with Crippen LogP contribution in [0.1, 0.15) is 34.9 Å². The molecule has 0 aliphatic carbocycles. The highest BCUT2D eigenvalue weighted by atomic mass is 35.5. The summed E-state index contributed by atoms with van der Waals surface area (Å²) in [6.45, 7) is 10.4. The maximum absolute atomic E-state index is 6.45. The fourth-order valence-corrected chi connectivity index (χ4v) is 2.98. The molecule has 0 saturated heterocycles. The molecule has 0 fully saturated rings. The molecule has 0 atom stereocenters. The molecule has 0 amide bonds. The molecule has 0 aliphatic rings. The third-order valence-corrected chi connectivity index (χ3v) is 3.71. The van der Waals surface area contributed by atoms with E-state index in [1.54, 1.807) is 0 Å². The summed E-state index contributed by atoms with van der Waals surface area (Å²) in [6, 6.07) is 4.34. The highest BCUT2D eigenvalue weighted by Gasteiger charge is 2.16. The number of nitrogens with zero attached hydrogens (tertiary/aromatic N) is 2. The molecule has 3 heteroatoms. The SMILES string of the molecule is CCc1c(C)nn(-c2c(C)cc(C)cc2C)c1Cl. The Labute approximate surface area is 114 Å². The zero-order valence-electron chi connectivity index (χ0n) is 11.6. The van der Waals surface area contributed by atoms with Crippen molar-refractivity contribution in [3.05, 3.63) is 45.2 Å². The molecule has 96 valence electrons. The molecule has 2 rings (SSSR count). The fourth-order valence-electron chi connectivity index (χ4n) is 2.59. The van der Waals surface area contributed by atoms with Gasteiger partial charge in [0.2, 0.25) is 0 Å². The summed E-state index contributed by atoms with van der Waals surface area (Å²) in [5.74, 6) is 0. The number of benzene rings is 1. The van der Waals surface area contributed by atoms with Crippen LogP contribution in [0.2, 0.25) is 5.15 Å². The van der Waals surface area contributed by atoms with Crippen LogP contribution in [0, 0.1) is 27.7 Å². The van der Waals surface area contributed by atoms with Crippen LogP contribution in [0.5, 0.6) is 0 Å². The molecule has 0 radical (unpaired) electrons. The van der Waals surface area contributed by atoms with Crippen LogP contribution in [0.3, 0.4) is 0 Å². The molecule has 2 aromatic rings. The number of halogens is 1. The van der Waals surface area contributed by atoms with Crippen molar-refractivity contribution in [2.75, 3.05) is 0 Å². The van der Waals surface area contributed by atoms with E-state index in [9.17, 15) is 0 Å². The molecular formula is C15H19ClN2. The third-order valence-electron chi connectivity index (χ3n) is 3.32. The van der Waals surface area contributed by atoms with E-state index in [2.05, 4.69) is 44.9 Å². The molecule has 2 nitrogen and oxygen atoms in total. The van der Waals surface area contributed by atoms with Gasteiger partial charge in [-0.1, -0.05) is 36.2 Å². The Hall–Kier alpha value is -1.28. The minimum absolute atomic E-state index is 0.741. The first-order chi connectivity index (χ1) is 8.45. The molecule has 1 heterocycles. The van der Waals surface area contributed by atoms with Gasteiger partial charge in [0.1, 0.15) is 5.15 Å². The van der Waals surface area contributed by atoms with Crippen molar-refractivity contribution in [1.82, 2.24) is 9.78 Å². The highest BCUT2D eigenvalue weighted by Crippen LogP contribution is 2.28. The van der Waals surface area contributed by atoms with Crippen molar-refractivity contribution >= 4 is 11.6 Å². The molecule has 0 unspecified atom stereocenters. The number of rotatable bonds is 2. The van der Waals surface area contributed by atoms with Gasteiger partial charge >= 0.3 is 0 Å². The van der Waals surface area contributed by atoms with E-state index in [0.717, 1.165) is 28.5 Å². The molecule has 1 aromatic heterocycles.